The maximum absolute atomic E-state index is 12.4. The fourth-order valence-electron chi connectivity index (χ4n) is 2.81. The van der Waals surface area contributed by atoms with Gasteiger partial charge in [-0.15, -0.1) is 0 Å². The summed E-state index contributed by atoms with van der Waals surface area (Å²) in [5, 5.41) is 3.31. The number of rotatable bonds is 2. The van der Waals surface area contributed by atoms with Gasteiger partial charge in [-0.25, -0.2) is 0 Å². The molecule has 110 valence electrons. The first-order chi connectivity index (χ1) is 10.8. The molecule has 4 nitrogen and oxygen atoms in total. The van der Waals surface area contributed by atoms with Crippen molar-refractivity contribution in [2.75, 3.05) is 13.3 Å². The molecule has 0 saturated heterocycles. The zero-order valence-electron chi connectivity index (χ0n) is 12.0. The molecule has 4 heteroatoms. The average molecular weight is 293 g/mol. The number of ether oxygens (including phenoxy) is 2. The highest BCUT2D eigenvalue weighted by Crippen LogP contribution is 2.38. The molecule has 4 rings (SSSR count). The van der Waals surface area contributed by atoms with Gasteiger partial charge in [-0.05, 0) is 24.1 Å². The molecular weight excluding hydrogens is 278 g/mol. The molecule has 2 aliphatic rings. The second-order valence-electron chi connectivity index (χ2n) is 5.33. The van der Waals surface area contributed by atoms with Crippen LogP contribution >= 0.6 is 0 Å². The van der Waals surface area contributed by atoms with Crippen LogP contribution in [0.25, 0.3) is 5.70 Å². The van der Waals surface area contributed by atoms with E-state index in [4.69, 9.17) is 9.47 Å². The van der Waals surface area contributed by atoms with Gasteiger partial charge < -0.3 is 14.8 Å². The van der Waals surface area contributed by atoms with Crippen LogP contribution in [0.1, 0.15) is 21.5 Å². The maximum atomic E-state index is 12.4. The number of ketones is 1. The van der Waals surface area contributed by atoms with Crippen LogP contribution in [-0.4, -0.2) is 19.1 Å². The lowest BCUT2D eigenvalue weighted by Crippen LogP contribution is -2.23. The Morgan fingerprint density at radius 2 is 1.86 bits per heavy atom. The smallest absolute Gasteiger partial charge is 0.231 e. The Balaban J connectivity index is 1.73. The van der Waals surface area contributed by atoms with Crippen LogP contribution < -0.4 is 14.8 Å². The molecule has 0 aliphatic carbocycles. The minimum atomic E-state index is -0.00591. The molecule has 22 heavy (non-hydrogen) atoms. The van der Waals surface area contributed by atoms with Gasteiger partial charge >= 0.3 is 0 Å². The first kappa shape index (κ1) is 13.0. The monoisotopic (exact) mass is 293 g/mol. The van der Waals surface area contributed by atoms with Crippen LogP contribution in [0.3, 0.4) is 0 Å². The SMILES string of the molecule is O=C(C=C1NCCc2cc3c(cc21)OCO3)c1ccccc1. The lowest BCUT2D eigenvalue weighted by molar-refractivity contribution is 0.104. The summed E-state index contributed by atoms with van der Waals surface area (Å²) in [5.74, 6) is 1.52. The van der Waals surface area contributed by atoms with Gasteiger partial charge in [0.15, 0.2) is 17.3 Å². The first-order valence-corrected chi connectivity index (χ1v) is 7.29. The van der Waals surface area contributed by atoms with Crippen molar-refractivity contribution in [1.29, 1.82) is 0 Å². The number of benzene rings is 2. The second kappa shape index (κ2) is 5.22. The van der Waals surface area contributed by atoms with E-state index < -0.39 is 0 Å². The van der Waals surface area contributed by atoms with Crippen molar-refractivity contribution < 1.29 is 14.3 Å². The molecule has 1 N–H and O–H groups in total. The van der Waals surface area contributed by atoms with Crippen LogP contribution in [0, 0.1) is 0 Å². The van der Waals surface area contributed by atoms with Gasteiger partial charge in [-0.3, -0.25) is 4.79 Å². The van der Waals surface area contributed by atoms with Crippen molar-refractivity contribution in [3.63, 3.8) is 0 Å². The number of fused-ring (bicyclic) bond motifs is 2. The van der Waals surface area contributed by atoms with E-state index in [2.05, 4.69) is 5.32 Å². The molecule has 2 aromatic rings. The minimum absolute atomic E-state index is 0.00591. The zero-order chi connectivity index (χ0) is 14.9. The van der Waals surface area contributed by atoms with E-state index in [1.807, 2.05) is 42.5 Å². The molecule has 0 spiro atoms. The topological polar surface area (TPSA) is 47.6 Å². The van der Waals surface area contributed by atoms with Crippen LogP contribution in [-0.2, 0) is 6.42 Å². The molecule has 0 atom stereocenters. The summed E-state index contributed by atoms with van der Waals surface area (Å²) in [5.41, 5.74) is 3.72. The van der Waals surface area contributed by atoms with Gasteiger partial charge in [0, 0.05) is 29.4 Å². The second-order valence-corrected chi connectivity index (χ2v) is 5.33. The highest BCUT2D eigenvalue weighted by Gasteiger charge is 2.22. The van der Waals surface area contributed by atoms with Crippen LogP contribution in [0.4, 0.5) is 0 Å². The molecule has 0 amide bonds. The summed E-state index contributed by atoms with van der Waals surface area (Å²) in [4.78, 5) is 12.4. The summed E-state index contributed by atoms with van der Waals surface area (Å²) in [7, 11) is 0. The van der Waals surface area contributed by atoms with Gasteiger partial charge in [-0.2, -0.15) is 0 Å². The Bertz CT molecular complexity index is 765. The van der Waals surface area contributed by atoms with Crippen molar-refractivity contribution in [2.45, 2.75) is 6.42 Å². The molecule has 0 radical (unpaired) electrons. The van der Waals surface area contributed by atoms with Crippen molar-refractivity contribution in [3.8, 4) is 11.5 Å². The molecule has 2 aliphatic heterocycles. The summed E-state index contributed by atoms with van der Waals surface area (Å²) < 4.78 is 10.9. The molecule has 2 aromatic carbocycles. The third kappa shape index (κ3) is 2.22. The van der Waals surface area contributed by atoms with E-state index >= 15 is 0 Å². The normalized spacial score (nSPS) is 17.0. The Hall–Kier alpha value is -2.75. The van der Waals surface area contributed by atoms with Crippen LogP contribution in [0.5, 0.6) is 11.5 Å². The number of hydrogen-bond acceptors (Lipinski definition) is 4. The Kier molecular flexibility index (Phi) is 3.07. The van der Waals surface area contributed by atoms with Gasteiger partial charge in [0.1, 0.15) is 0 Å². The number of hydrogen-bond donors (Lipinski definition) is 1. The van der Waals surface area contributed by atoms with E-state index in [0.717, 1.165) is 35.7 Å². The molecule has 0 unspecified atom stereocenters. The molecule has 0 bridgehead atoms. The third-order valence-corrected chi connectivity index (χ3v) is 3.93. The van der Waals surface area contributed by atoms with Gasteiger partial charge in [0.2, 0.25) is 6.79 Å². The summed E-state index contributed by atoms with van der Waals surface area (Å²) >= 11 is 0. The van der Waals surface area contributed by atoms with Crippen LogP contribution in [0.2, 0.25) is 0 Å². The zero-order valence-corrected chi connectivity index (χ0v) is 12.0. The number of allylic oxidation sites excluding steroid dienone is 1. The van der Waals surface area contributed by atoms with E-state index in [9.17, 15) is 4.79 Å². The molecular formula is C18H15NO3. The predicted octanol–water partition coefficient (Wildman–Crippen LogP) is 2.78. The molecule has 0 fully saturated rings. The van der Waals surface area contributed by atoms with E-state index in [0.29, 0.717) is 5.56 Å². The predicted molar refractivity (Wildman–Crippen MR) is 83.0 cm³/mol. The van der Waals surface area contributed by atoms with Gasteiger partial charge in [-0.1, -0.05) is 30.3 Å². The van der Waals surface area contributed by atoms with Crippen molar-refractivity contribution >= 4 is 11.5 Å². The minimum Gasteiger partial charge on any atom is -0.454 e. The summed E-state index contributed by atoms with van der Waals surface area (Å²) in [6.45, 7) is 1.06. The van der Waals surface area contributed by atoms with Crippen molar-refractivity contribution in [2.24, 2.45) is 0 Å². The Morgan fingerprint density at radius 3 is 2.68 bits per heavy atom. The van der Waals surface area contributed by atoms with E-state index in [1.54, 1.807) is 6.08 Å². The molecule has 0 saturated carbocycles. The molecule has 2 heterocycles. The Labute approximate surface area is 128 Å². The lowest BCUT2D eigenvalue weighted by atomic mass is 9.96. The van der Waals surface area contributed by atoms with Crippen molar-refractivity contribution in [1.82, 2.24) is 5.32 Å². The fraction of sp³-hybridized carbons (Fsp3) is 0.167. The largest absolute Gasteiger partial charge is 0.454 e. The van der Waals surface area contributed by atoms with E-state index in [1.165, 1.54) is 5.56 Å². The van der Waals surface area contributed by atoms with Gasteiger partial charge in [0.05, 0.1) is 0 Å². The highest BCUT2D eigenvalue weighted by molar-refractivity contribution is 6.08. The number of carbonyl (C=O) groups is 1. The van der Waals surface area contributed by atoms with E-state index in [-0.39, 0.29) is 12.6 Å². The Morgan fingerprint density at radius 1 is 1.09 bits per heavy atom. The van der Waals surface area contributed by atoms with Crippen LogP contribution in [0.15, 0.2) is 48.5 Å². The summed E-state index contributed by atoms with van der Waals surface area (Å²) in [6, 6.07) is 13.2. The number of carbonyl (C=O) groups excluding carboxylic acids is 1. The molecule has 0 aromatic heterocycles. The average Bonchev–Trinajstić information content (AvgIpc) is 3.01. The fourth-order valence-corrected chi connectivity index (χ4v) is 2.81. The summed E-state index contributed by atoms with van der Waals surface area (Å²) in [6.07, 6.45) is 2.57. The third-order valence-electron chi connectivity index (χ3n) is 3.93. The highest BCUT2D eigenvalue weighted by atomic mass is 16.7. The number of nitrogens with one attached hydrogen (secondary N) is 1. The van der Waals surface area contributed by atoms with Gasteiger partial charge in [0.25, 0.3) is 0 Å². The first-order valence-electron chi connectivity index (χ1n) is 7.29. The quantitative estimate of drug-likeness (QED) is 0.683. The lowest BCUT2D eigenvalue weighted by Gasteiger charge is -2.21. The van der Waals surface area contributed by atoms with Crippen molar-refractivity contribution in [3.05, 3.63) is 65.2 Å². The standard InChI is InChI=1S/C18H15NO3/c20-16(12-4-2-1-3-5-12)10-15-14-9-18-17(21-11-22-18)8-13(14)6-7-19-15/h1-5,8-10,19H,6-7,11H2. The maximum Gasteiger partial charge on any atom is 0.231 e.